The summed E-state index contributed by atoms with van der Waals surface area (Å²) >= 11 is 1.58. The molecule has 0 N–H and O–H groups in total. The number of thiophene rings is 1. The molecule has 8 heteroatoms. The molecule has 186 valence electrons. The van der Waals surface area contributed by atoms with Crippen LogP contribution in [0.5, 0.6) is 11.5 Å². The second kappa shape index (κ2) is 11.8. The monoisotopic (exact) mass is 498 g/mol. The van der Waals surface area contributed by atoms with Crippen LogP contribution in [-0.4, -0.2) is 48.4 Å². The molecule has 6 nitrogen and oxygen atoms in total. The predicted octanol–water partition coefficient (Wildman–Crippen LogP) is 5.29. The highest BCUT2D eigenvalue weighted by molar-refractivity contribution is 7.10. The van der Waals surface area contributed by atoms with Crippen molar-refractivity contribution in [2.45, 2.75) is 39.9 Å². The largest absolute Gasteiger partial charge is 0.497 e. The lowest BCUT2D eigenvalue weighted by Gasteiger charge is -2.30. The van der Waals surface area contributed by atoms with Crippen molar-refractivity contribution in [1.29, 1.82) is 0 Å². The first-order valence-corrected chi connectivity index (χ1v) is 12.2. The Morgan fingerprint density at radius 3 is 2.11 bits per heavy atom. The summed E-state index contributed by atoms with van der Waals surface area (Å²) in [5.74, 6) is 0.173. The Hall–Kier alpha value is -3.39. The highest BCUT2D eigenvalue weighted by atomic mass is 32.1. The lowest BCUT2D eigenvalue weighted by molar-refractivity contribution is -0.133. The number of nitrogens with zero attached hydrogens (tertiary/aromatic N) is 2. The number of hydrogen-bond donors (Lipinski definition) is 0. The highest BCUT2D eigenvalue weighted by Crippen LogP contribution is 2.25. The number of methoxy groups -OCH3 is 2. The molecule has 0 saturated heterocycles. The van der Waals surface area contributed by atoms with E-state index in [1.54, 1.807) is 46.6 Å². The summed E-state index contributed by atoms with van der Waals surface area (Å²) in [5.41, 5.74) is 2.29. The third kappa shape index (κ3) is 6.82. The van der Waals surface area contributed by atoms with E-state index in [4.69, 9.17) is 9.47 Å². The maximum atomic E-state index is 13.6. The van der Waals surface area contributed by atoms with E-state index in [2.05, 4.69) is 0 Å². The Labute approximate surface area is 209 Å². The maximum absolute atomic E-state index is 13.6. The lowest BCUT2D eigenvalue weighted by atomic mass is 10.1. The SMILES string of the molecule is COc1cc(OC)cc(C(=O)N(CC(=O)N(Cc2ccc(F)cc2)Cc2sccc2C)C(C)C)c1. The third-order valence-electron chi connectivity index (χ3n) is 5.73. The zero-order valence-corrected chi connectivity index (χ0v) is 21.5. The summed E-state index contributed by atoms with van der Waals surface area (Å²) in [4.78, 5) is 31.3. The van der Waals surface area contributed by atoms with E-state index in [0.29, 0.717) is 30.2 Å². The highest BCUT2D eigenvalue weighted by Gasteiger charge is 2.26. The second-order valence-corrected chi connectivity index (χ2v) is 9.53. The van der Waals surface area contributed by atoms with E-state index in [1.165, 1.54) is 31.3 Å². The van der Waals surface area contributed by atoms with Crippen LogP contribution in [0.3, 0.4) is 0 Å². The Balaban J connectivity index is 1.86. The van der Waals surface area contributed by atoms with Crippen molar-refractivity contribution in [2.75, 3.05) is 20.8 Å². The van der Waals surface area contributed by atoms with Crippen LogP contribution in [0.4, 0.5) is 4.39 Å². The standard InChI is InChI=1S/C27H31FN2O4S/c1-18(2)30(27(32)21-12-23(33-4)14-24(13-21)34-5)17-26(31)29(16-25-19(3)10-11-35-25)15-20-6-8-22(28)9-7-20/h6-14,18H,15-17H2,1-5H3. The van der Waals surface area contributed by atoms with Crippen LogP contribution >= 0.6 is 11.3 Å². The van der Waals surface area contributed by atoms with Crippen LogP contribution in [-0.2, 0) is 17.9 Å². The molecule has 0 fully saturated rings. The van der Waals surface area contributed by atoms with Gasteiger partial charge in [-0.25, -0.2) is 4.39 Å². The Bertz CT molecular complexity index is 1140. The lowest BCUT2D eigenvalue weighted by Crippen LogP contribution is -2.45. The molecule has 0 aliphatic rings. The van der Waals surface area contributed by atoms with Crippen molar-refractivity contribution in [2.24, 2.45) is 0 Å². The zero-order valence-electron chi connectivity index (χ0n) is 20.7. The number of carbonyl (C=O) groups is 2. The minimum atomic E-state index is -0.328. The molecule has 1 aromatic heterocycles. The zero-order chi connectivity index (χ0) is 25.5. The molecule has 0 radical (unpaired) electrons. The second-order valence-electron chi connectivity index (χ2n) is 8.53. The number of halogens is 1. The van der Waals surface area contributed by atoms with E-state index in [-0.39, 0.29) is 30.2 Å². The molecule has 2 amide bonds. The normalized spacial score (nSPS) is 10.8. The van der Waals surface area contributed by atoms with Gasteiger partial charge in [0.2, 0.25) is 5.91 Å². The molecule has 0 unspecified atom stereocenters. The van der Waals surface area contributed by atoms with Crippen molar-refractivity contribution >= 4 is 23.2 Å². The molecule has 0 aliphatic carbocycles. The number of benzene rings is 2. The van der Waals surface area contributed by atoms with Crippen molar-refractivity contribution in [3.05, 3.63) is 81.3 Å². The minimum Gasteiger partial charge on any atom is -0.497 e. The van der Waals surface area contributed by atoms with Crippen LogP contribution < -0.4 is 9.47 Å². The van der Waals surface area contributed by atoms with E-state index in [9.17, 15) is 14.0 Å². The van der Waals surface area contributed by atoms with Gasteiger partial charge in [-0.3, -0.25) is 9.59 Å². The van der Waals surface area contributed by atoms with Gasteiger partial charge in [-0.1, -0.05) is 12.1 Å². The molecule has 0 spiro atoms. The average Bonchev–Trinajstić information content (AvgIpc) is 3.26. The van der Waals surface area contributed by atoms with E-state index in [0.717, 1.165) is 16.0 Å². The first kappa shape index (κ1) is 26.2. The van der Waals surface area contributed by atoms with Crippen molar-refractivity contribution < 1.29 is 23.5 Å². The molecule has 0 saturated carbocycles. The fraction of sp³-hybridized carbons (Fsp3) is 0.333. The Morgan fingerprint density at radius 2 is 1.60 bits per heavy atom. The van der Waals surface area contributed by atoms with Crippen LogP contribution in [0.2, 0.25) is 0 Å². The number of amides is 2. The van der Waals surface area contributed by atoms with Gasteiger partial charge in [0.15, 0.2) is 0 Å². The number of rotatable bonds is 10. The van der Waals surface area contributed by atoms with Crippen LogP contribution in [0, 0.1) is 12.7 Å². The summed E-state index contributed by atoms with van der Waals surface area (Å²) < 4.78 is 24.0. The van der Waals surface area contributed by atoms with Crippen LogP contribution in [0.15, 0.2) is 53.9 Å². The minimum absolute atomic E-state index is 0.0956. The predicted molar refractivity (Wildman–Crippen MR) is 135 cm³/mol. The van der Waals surface area contributed by atoms with Gasteiger partial charge in [0.25, 0.3) is 5.91 Å². The summed E-state index contributed by atoms with van der Waals surface area (Å²) in [7, 11) is 3.04. The molecular weight excluding hydrogens is 467 g/mol. The molecule has 0 bridgehead atoms. The molecule has 0 atom stereocenters. The molecule has 0 aliphatic heterocycles. The van der Waals surface area contributed by atoms with Crippen LogP contribution in [0.1, 0.15) is 40.2 Å². The van der Waals surface area contributed by atoms with Gasteiger partial charge >= 0.3 is 0 Å². The number of ether oxygens (including phenoxy) is 2. The molecule has 1 heterocycles. The molecule has 3 rings (SSSR count). The van der Waals surface area contributed by atoms with E-state index in [1.807, 2.05) is 32.2 Å². The van der Waals surface area contributed by atoms with Gasteiger partial charge in [0, 0.05) is 29.1 Å². The summed E-state index contributed by atoms with van der Waals surface area (Å²) in [5, 5.41) is 1.99. The van der Waals surface area contributed by atoms with Gasteiger partial charge in [0.05, 0.1) is 20.8 Å². The number of hydrogen-bond acceptors (Lipinski definition) is 5. The smallest absolute Gasteiger partial charge is 0.254 e. The fourth-order valence-electron chi connectivity index (χ4n) is 3.61. The third-order valence-corrected chi connectivity index (χ3v) is 6.74. The van der Waals surface area contributed by atoms with E-state index >= 15 is 0 Å². The average molecular weight is 499 g/mol. The Kier molecular flexibility index (Phi) is 8.87. The van der Waals surface area contributed by atoms with Crippen molar-refractivity contribution in [1.82, 2.24) is 9.80 Å². The van der Waals surface area contributed by atoms with Crippen LogP contribution in [0.25, 0.3) is 0 Å². The molecule has 2 aromatic carbocycles. The summed E-state index contributed by atoms with van der Waals surface area (Å²) in [6, 6.07) is 12.9. The number of carbonyl (C=O) groups excluding carboxylic acids is 2. The van der Waals surface area contributed by atoms with Gasteiger partial charge in [0.1, 0.15) is 23.9 Å². The summed E-state index contributed by atoms with van der Waals surface area (Å²) in [6.07, 6.45) is 0. The summed E-state index contributed by atoms with van der Waals surface area (Å²) in [6.45, 7) is 6.37. The molecule has 3 aromatic rings. The molecular formula is C27H31FN2O4S. The number of aryl methyl sites for hydroxylation is 1. The van der Waals surface area contributed by atoms with Crippen molar-refractivity contribution in [3.63, 3.8) is 0 Å². The van der Waals surface area contributed by atoms with Gasteiger partial charge in [-0.2, -0.15) is 0 Å². The Morgan fingerprint density at radius 1 is 0.971 bits per heavy atom. The first-order chi connectivity index (χ1) is 16.7. The molecule has 35 heavy (non-hydrogen) atoms. The first-order valence-electron chi connectivity index (χ1n) is 11.3. The fourth-order valence-corrected chi connectivity index (χ4v) is 4.53. The van der Waals surface area contributed by atoms with E-state index < -0.39 is 0 Å². The quantitative estimate of drug-likeness (QED) is 0.381. The maximum Gasteiger partial charge on any atom is 0.254 e. The van der Waals surface area contributed by atoms with Gasteiger partial charge < -0.3 is 19.3 Å². The van der Waals surface area contributed by atoms with Crippen molar-refractivity contribution in [3.8, 4) is 11.5 Å². The topological polar surface area (TPSA) is 59.1 Å². The van der Waals surface area contributed by atoms with Gasteiger partial charge in [-0.15, -0.1) is 11.3 Å². The van der Waals surface area contributed by atoms with Gasteiger partial charge in [-0.05, 0) is 67.6 Å².